The smallest absolute Gasteiger partial charge is 0.311 e. The number of nitrogens with zero attached hydrogens (tertiary/aromatic N) is 2. The first-order valence-corrected chi connectivity index (χ1v) is 9.10. The van der Waals surface area contributed by atoms with Gasteiger partial charge in [0.1, 0.15) is 0 Å². The lowest BCUT2D eigenvalue weighted by Gasteiger charge is -2.34. The molecule has 0 atom stereocenters. The van der Waals surface area contributed by atoms with Gasteiger partial charge in [-0.1, -0.05) is 60.7 Å². The summed E-state index contributed by atoms with van der Waals surface area (Å²) < 4.78 is 0. The molecule has 1 aliphatic heterocycles. The van der Waals surface area contributed by atoms with Gasteiger partial charge in [-0.25, -0.2) is 0 Å². The molecule has 0 spiro atoms. The molecule has 5 nitrogen and oxygen atoms in total. The van der Waals surface area contributed by atoms with E-state index in [9.17, 15) is 9.59 Å². The molecule has 0 aromatic heterocycles. The summed E-state index contributed by atoms with van der Waals surface area (Å²) in [5.74, 6) is -0.921. The summed E-state index contributed by atoms with van der Waals surface area (Å²) in [4.78, 5) is 28.4. The summed E-state index contributed by atoms with van der Waals surface area (Å²) in [5, 5.41) is 2.74. The highest BCUT2D eigenvalue weighted by atomic mass is 16.2. The van der Waals surface area contributed by atoms with Crippen molar-refractivity contribution in [2.45, 2.75) is 13.0 Å². The third-order valence-electron chi connectivity index (χ3n) is 4.64. The Morgan fingerprint density at radius 3 is 2.00 bits per heavy atom. The molecule has 1 aliphatic rings. The van der Waals surface area contributed by atoms with Gasteiger partial charge >= 0.3 is 11.8 Å². The number of carbonyl (C=O) groups is 2. The van der Waals surface area contributed by atoms with Crippen molar-refractivity contribution in [2.24, 2.45) is 0 Å². The van der Waals surface area contributed by atoms with E-state index in [1.807, 2.05) is 48.5 Å². The fraction of sp³-hybridized carbons (Fsp3) is 0.333. The maximum atomic E-state index is 12.3. The van der Waals surface area contributed by atoms with Gasteiger partial charge in [-0.15, -0.1) is 0 Å². The number of hydrogen-bond donors (Lipinski definition) is 1. The first kappa shape index (κ1) is 18.1. The Kier molecular flexibility index (Phi) is 6.39. The monoisotopic (exact) mass is 351 g/mol. The molecule has 136 valence electrons. The van der Waals surface area contributed by atoms with E-state index in [0.717, 1.165) is 31.6 Å². The summed E-state index contributed by atoms with van der Waals surface area (Å²) >= 11 is 0. The van der Waals surface area contributed by atoms with Gasteiger partial charge in [-0.2, -0.15) is 0 Å². The van der Waals surface area contributed by atoms with Crippen molar-refractivity contribution in [3.05, 3.63) is 71.8 Å². The van der Waals surface area contributed by atoms with Crippen molar-refractivity contribution in [1.82, 2.24) is 15.1 Å². The van der Waals surface area contributed by atoms with Gasteiger partial charge in [0.15, 0.2) is 0 Å². The topological polar surface area (TPSA) is 52.7 Å². The first-order chi connectivity index (χ1) is 12.7. The highest BCUT2D eigenvalue weighted by molar-refractivity contribution is 6.35. The Balaban J connectivity index is 1.39. The molecule has 26 heavy (non-hydrogen) atoms. The molecule has 0 aliphatic carbocycles. The molecule has 5 heteroatoms. The Hall–Kier alpha value is -2.66. The number of hydrogen-bond acceptors (Lipinski definition) is 3. The van der Waals surface area contributed by atoms with Crippen LogP contribution in [0.1, 0.15) is 11.1 Å². The van der Waals surface area contributed by atoms with E-state index in [0.29, 0.717) is 19.6 Å². The molecule has 2 aromatic carbocycles. The summed E-state index contributed by atoms with van der Waals surface area (Å²) in [6.07, 6.45) is 0.727. The fourth-order valence-corrected chi connectivity index (χ4v) is 3.13. The molecule has 1 heterocycles. The first-order valence-electron chi connectivity index (χ1n) is 9.10. The van der Waals surface area contributed by atoms with E-state index >= 15 is 0 Å². The number of carbonyl (C=O) groups excluding carboxylic acids is 2. The van der Waals surface area contributed by atoms with Crippen LogP contribution in [-0.2, 0) is 22.6 Å². The Labute approximate surface area is 154 Å². The summed E-state index contributed by atoms with van der Waals surface area (Å²) in [7, 11) is 0. The number of benzene rings is 2. The molecule has 0 bridgehead atoms. The zero-order chi connectivity index (χ0) is 18.2. The van der Waals surface area contributed by atoms with Crippen molar-refractivity contribution in [3.63, 3.8) is 0 Å². The molecule has 0 unspecified atom stereocenters. The largest absolute Gasteiger partial charge is 0.347 e. The zero-order valence-corrected chi connectivity index (χ0v) is 14.9. The van der Waals surface area contributed by atoms with Gasteiger partial charge in [-0.3, -0.25) is 14.5 Å². The van der Waals surface area contributed by atoms with Gasteiger partial charge in [0, 0.05) is 39.3 Å². The third-order valence-corrected chi connectivity index (χ3v) is 4.64. The number of rotatable bonds is 5. The zero-order valence-electron chi connectivity index (χ0n) is 14.9. The van der Waals surface area contributed by atoms with Crippen LogP contribution in [0.4, 0.5) is 0 Å². The normalized spacial score (nSPS) is 14.8. The number of piperazine rings is 1. The number of nitrogens with one attached hydrogen (secondary N) is 1. The van der Waals surface area contributed by atoms with Crippen LogP contribution in [-0.4, -0.2) is 54.3 Å². The second-order valence-electron chi connectivity index (χ2n) is 6.55. The minimum atomic E-state index is -0.502. The highest BCUT2D eigenvalue weighted by Crippen LogP contribution is 2.08. The predicted octanol–water partition coefficient (Wildman–Crippen LogP) is 1.69. The number of amides is 2. The van der Waals surface area contributed by atoms with Crippen molar-refractivity contribution >= 4 is 11.8 Å². The standard InChI is InChI=1S/C21H25N3O2/c25-20(22-12-11-18-7-3-1-4-8-18)21(26)24-15-13-23(14-16-24)17-19-9-5-2-6-10-19/h1-10H,11-17H2,(H,22,25). The van der Waals surface area contributed by atoms with E-state index in [4.69, 9.17) is 0 Å². The van der Waals surface area contributed by atoms with E-state index < -0.39 is 11.8 Å². The van der Waals surface area contributed by atoms with Crippen LogP contribution in [0.3, 0.4) is 0 Å². The summed E-state index contributed by atoms with van der Waals surface area (Å²) in [5.41, 5.74) is 2.42. The average molecular weight is 351 g/mol. The average Bonchev–Trinajstić information content (AvgIpc) is 2.69. The lowest BCUT2D eigenvalue weighted by atomic mass is 10.1. The van der Waals surface area contributed by atoms with Gasteiger partial charge in [-0.05, 0) is 17.5 Å². The molecule has 1 fully saturated rings. The Morgan fingerprint density at radius 1 is 0.808 bits per heavy atom. The van der Waals surface area contributed by atoms with Crippen LogP contribution in [0.5, 0.6) is 0 Å². The quantitative estimate of drug-likeness (QED) is 0.834. The van der Waals surface area contributed by atoms with E-state index in [-0.39, 0.29) is 0 Å². The van der Waals surface area contributed by atoms with Crippen molar-refractivity contribution in [1.29, 1.82) is 0 Å². The molecular formula is C21H25N3O2. The maximum Gasteiger partial charge on any atom is 0.311 e. The third kappa shape index (κ3) is 5.17. The Bertz CT molecular complexity index is 711. The van der Waals surface area contributed by atoms with Crippen LogP contribution < -0.4 is 5.32 Å². The molecule has 1 saturated heterocycles. The van der Waals surface area contributed by atoms with Crippen molar-refractivity contribution in [2.75, 3.05) is 32.7 Å². The molecule has 1 N–H and O–H groups in total. The summed E-state index contributed by atoms with van der Waals surface area (Å²) in [6, 6.07) is 20.2. The van der Waals surface area contributed by atoms with E-state index in [1.54, 1.807) is 4.90 Å². The molecule has 2 amide bonds. The Morgan fingerprint density at radius 2 is 1.38 bits per heavy atom. The van der Waals surface area contributed by atoms with Gasteiger partial charge in [0.05, 0.1) is 0 Å². The predicted molar refractivity (Wildman–Crippen MR) is 101 cm³/mol. The highest BCUT2D eigenvalue weighted by Gasteiger charge is 2.25. The molecular weight excluding hydrogens is 326 g/mol. The van der Waals surface area contributed by atoms with Crippen molar-refractivity contribution < 1.29 is 9.59 Å². The fourth-order valence-electron chi connectivity index (χ4n) is 3.13. The maximum absolute atomic E-state index is 12.3. The molecule has 0 radical (unpaired) electrons. The lowest BCUT2D eigenvalue weighted by Crippen LogP contribution is -2.52. The molecule has 0 saturated carbocycles. The molecule has 3 rings (SSSR count). The van der Waals surface area contributed by atoms with Crippen LogP contribution in [0, 0.1) is 0 Å². The minimum absolute atomic E-state index is 0.419. The van der Waals surface area contributed by atoms with Crippen LogP contribution in [0.25, 0.3) is 0 Å². The van der Waals surface area contributed by atoms with Gasteiger partial charge < -0.3 is 10.2 Å². The van der Waals surface area contributed by atoms with Gasteiger partial charge in [0.25, 0.3) is 0 Å². The van der Waals surface area contributed by atoms with Crippen LogP contribution in [0.15, 0.2) is 60.7 Å². The van der Waals surface area contributed by atoms with Crippen molar-refractivity contribution in [3.8, 4) is 0 Å². The van der Waals surface area contributed by atoms with E-state index in [1.165, 1.54) is 5.56 Å². The summed E-state index contributed by atoms with van der Waals surface area (Å²) in [6.45, 7) is 4.13. The van der Waals surface area contributed by atoms with Crippen LogP contribution in [0.2, 0.25) is 0 Å². The second kappa shape index (κ2) is 9.15. The lowest BCUT2D eigenvalue weighted by molar-refractivity contribution is -0.147. The second-order valence-corrected chi connectivity index (χ2v) is 6.55. The minimum Gasteiger partial charge on any atom is -0.347 e. The van der Waals surface area contributed by atoms with Gasteiger partial charge in [0.2, 0.25) is 0 Å². The molecule has 2 aromatic rings. The van der Waals surface area contributed by atoms with E-state index in [2.05, 4.69) is 22.3 Å². The van der Waals surface area contributed by atoms with Crippen LogP contribution >= 0.6 is 0 Å². The SMILES string of the molecule is O=C(NCCc1ccccc1)C(=O)N1CCN(Cc2ccccc2)CC1.